The van der Waals surface area contributed by atoms with E-state index in [0.717, 1.165) is 0 Å². The van der Waals surface area contributed by atoms with Gasteiger partial charge in [-0.05, 0) is 46.9 Å². The third-order valence-electron chi connectivity index (χ3n) is 3.04. The molecule has 0 saturated heterocycles. The van der Waals surface area contributed by atoms with Crippen LogP contribution < -0.4 is 10.6 Å². The molecule has 0 saturated carbocycles. The summed E-state index contributed by atoms with van der Waals surface area (Å²) in [5.41, 5.74) is 1.34. The van der Waals surface area contributed by atoms with Crippen LogP contribution in [-0.2, 0) is 4.57 Å². The van der Waals surface area contributed by atoms with Crippen LogP contribution in [0.15, 0.2) is 35.3 Å². The first-order valence-electron chi connectivity index (χ1n) is 6.32. The van der Waals surface area contributed by atoms with E-state index in [0.29, 0.717) is 26.9 Å². The van der Waals surface area contributed by atoms with Gasteiger partial charge in [0.2, 0.25) is 5.28 Å². The topological polar surface area (TPSA) is 72.2 Å². The molecule has 0 amide bonds. The van der Waals surface area contributed by atoms with E-state index in [9.17, 15) is 4.57 Å². The molecule has 0 spiro atoms. The van der Waals surface area contributed by atoms with Gasteiger partial charge in [0.15, 0.2) is 0 Å². The van der Waals surface area contributed by atoms with Gasteiger partial charge in [-0.2, -0.15) is 4.98 Å². The van der Waals surface area contributed by atoms with Gasteiger partial charge in [-0.25, -0.2) is 9.97 Å². The summed E-state index contributed by atoms with van der Waals surface area (Å²) in [5, 5.41) is 3.96. The summed E-state index contributed by atoms with van der Waals surface area (Å²) < 4.78 is 15.2. The lowest BCUT2D eigenvalue weighted by Gasteiger charge is -2.16. The highest BCUT2D eigenvalue weighted by atomic mass is 79.9. The molecule has 0 aliphatic carbocycles. The lowest BCUT2D eigenvalue weighted by atomic mass is 10.4. The van der Waals surface area contributed by atoms with Crippen molar-refractivity contribution < 1.29 is 4.57 Å². The average Bonchev–Trinajstić information content (AvgIpc) is 2.89. The second-order valence-corrected chi connectivity index (χ2v) is 9.39. The van der Waals surface area contributed by atoms with E-state index in [1.54, 1.807) is 25.7 Å². The summed E-state index contributed by atoms with van der Waals surface area (Å²) in [6, 6.07) is 1.84. The molecule has 0 atom stereocenters. The molecule has 1 N–H and O–H groups in total. The number of nitrogens with one attached hydrogen (secondary N) is 1. The lowest BCUT2D eigenvalue weighted by Crippen LogP contribution is -2.14. The van der Waals surface area contributed by atoms with Gasteiger partial charge < -0.3 is 14.3 Å². The minimum Gasteiger partial charge on any atom is -0.338 e. The summed E-state index contributed by atoms with van der Waals surface area (Å²) in [4.78, 5) is 12.3. The summed E-state index contributed by atoms with van der Waals surface area (Å²) in [7, 11) is -2.57. The highest BCUT2D eigenvalue weighted by Crippen LogP contribution is 2.40. The number of halogens is 2. The van der Waals surface area contributed by atoms with Crippen molar-refractivity contribution in [3.05, 3.63) is 40.6 Å². The molecule has 3 heterocycles. The number of fused-ring (bicyclic) bond motifs is 1. The van der Waals surface area contributed by atoms with Gasteiger partial charge in [-0.15, -0.1) is 0 Å². The van der Waals surface area contributed by atoms with Crippen molar-refractivity contribution in [3.63, 3.8) is 0 Å². The number of nitrogens with zero attached hydrogens (tertiary/aromatic N) is 4. The van der Waals surface area contributed by atoms with E-state index in [-0.39, 0.29) is 5.28 Å². The van der Waals surface area contributed by atoms with Crippen molar-refractivity contribution in [1.29, 1.82) is 0 Å². The van der Waals surface area contributed by atoms with Gasteiger partial charge in [-0.3, -0.25) is 0 Å². The van der Waals surface area contributed by atoms with Gasteiger partial charge in [0.25, 0.3) is 0 Å². The van der Waals surface area contributed by atoms with E-state index < -0.39 is 7.14 Å². The first-order chi connectivity index (χ1) is 10.4. The maximum absolute atomic E-state index is 12.7. The molecule has 6 nitrogen and oxygen atoms in total. The predicted molar refractivity (Wildman–Crippen MR) is 92.3 cm³/mol. The molecule has 0 aliphatic heterocycles. The number of hydrogen-bond donors (Lipinski definition) is 1. The fraction of sp³-hybridized carbons (Fsp3) is 0.154. The Morgan fingerprint density at radius 1 is 1.32 bits per heavy atom. The number of hydrogen-bond acceptors (Lipinski definition) is 5. The molecule has 3 rings (SSSR count). The molecule has 0 aromatic carbocycles. The Morgan fingerprint density at radius 3 is 2.82 bits per heavy atom. The monoisotopic (exact) mass is 399 g/mol. The molecule has 3 aromatic rings. The Kier molecular flexibility index (Phi) is 3.97. The summed E-state index contributed by atoms with van der Waals surface area (Å²) in [6.07, 6.45) is 6.90. The minimum atomic E-state index is -2.57. The zero-order valence-electron chi connectivity index (χ0n) is 11.8. The zero-order valence-corrected chi connectivity index (χ0v) is 15.0. The first kappa shape index (κ1) is 15.5. The van der Waals surface area contributed by atoms with Crippen LogP contribution >= 0.6 is 34.7 Å². The minimum absolute atomic E-state index is 0.130. The maximum Gasteiger partial charge on any atom is 0.224 e. The fourth-order valence-electron chi connectivity index (χ4n) is 2.16. The Labute approximate surface area is 140 Å². The van der Waals surface area contributed by atoms with Gasteiger partial charge in [0.05, 0.1) is 15.5 Å². The average molecular weight is 401 g/mol. The van der Waals surface area contributed by atoms with E-state index in [1.807, 2.05) is 22.9 Å². The second-order valence-electron chi connectivity index (χ2n) is 5.05. The third kappa shape index (κ3) is 2.89. The normalized spacial score (nSPS) is 11.8. The van der Waals surface area contributed by atoms with Crippen LogP contribution in [0.25, 0.3) is 5.65 Å². The van der Waals surface area contributed by atoms with Gasteiger partial charge in [0, 0.05) is 24.8 Å². The van der Waals surface area contributed by atoms with Crippen molar-refractivity contribution >= 4 is 57.1 Å². The lowest BCUT2D eigenvalue weighted by molar-refractivity contribution is 0.588. The molecule has 0 aliphatic rings. The van der Waals surface area contributed by atoms with E-state index in [4.69, 9.17) is 11.6 Å². The molecular weight excluding hydrogens is 389 g/mol. The molecule has 0 fully saturated rings. The van der Waals surface area contributed by atoms with Crippen LogP contribution in [0.1, 0.15) is 0 Å². The van der Waals surface area contributed by atoms with Gasteiger partial charge in [-0.1, -0.05) is 0 Å². The Morgan fingerprint density at radius 2 is 2.09 bits per heavy atom. The molecule has 3 aromatic heterocycles. The van der Waals surface area contributed by atoms with E-state index in [1.165, 1.54) is 0 Å². The zero-order chi connectivity index (χ0) is 15.9. The molecule has 0 bridgehead atoms. The van der Waals surface area contributed by atoms with Crippen LogP contribution in [0.5, 0.6) is 0 Å². The molecule has 0 radical (unpaired) electrons. The van der Waals surface area contributed by atoms with Crippen LogP contribution in [0.3, 0.4) is 0 Å². The Hall–Kier alpha value is -1.43. The highest BCUT2D eigenvalue weighted by Gasteiger charge is 2.22. The number of pyridine rings is 1. The summed E-state index contributed by atoms with van der Waals surface area (Å²) >= 11 is 9.21. The Balaban J connectivity index is 2.18. The third-order valence-corrected chi connectivity index (χ3v) is 5.32. The van der Waals surface area contributed by atoms with Crippen LogP contribution in [-0.4, -0.2) is 32.7 Å². The molecule has 9 heteroatoms. The second kappa shape index (κ2) is 5.65. The Bertz CT molecular complexity index is 907. The largest absolute Gasteiger partial charge is 0.338 e. The summed E-state index contributed by atoms with van der Waals surface area (Å²) in [6.45, 7) is 3.42. The fourth-order valence-corrected chi connectivity index (χ4v) is 3.95. The van der Waals surface area contributed by atoms with Gasteiger partial charge >= 0.3 is 0 Å². The number of imidazole rings is 1. The van der Waals surface area contributed by atoms with E-state index in [2.05, 4.69) is 36.2 Å². The van der Waals surface area contributed by atoms with E-state index >= 15 is 0 Å². The van der Waals surface area contributed by atoms with Crippen molar-refractivity contribution in [2.45, 2.75) is 0 Å². The van der Waals surface area contributed by atoms with Crippen molar-refractivity contribution in [1.82, 2.24) is 19.4 Å². The van der Waals surface area contributed by atoms with Crippen LogP contribution in [0.4, 0.5) is 11.5 Å². The van der Waals surface area contributed by atoms with Crippen LogP contribution in [0.2, 0.25) is 5.28 Å². The van der Waals surface area contributed by atoms with Crippen molar-refractivity contribution in [3.8, 4) is 0 Å². The first-order valence-corrected chi connectivity index (χ1v) is 10.1. The molecule has 114 valence electrons. The SMILES string of the molecule is CP(C)(=O)c1c(Nc2nc(Cl)ncc2Br)ccn2ccnc12. The quantitative estimate of drug-likeness (QED) is 0.538. The maximum atomic E-state index is 12.7. The van der Waals surface area contributed by atoms with Crippen molar-refractivity contribution in [2.75, 3.05) is 18.6 Å². The molecule has 0 unspecified atom stereocenters. The standard InChI is InChI=1S/C13H12BrClN5OP/c1-22(2,21)10-9(3-5-20-6-4-16-12(10)20)18-11-8(14)7-17-13(15)19-11/h3-7H,1-2H3,(H,17,18,19). The number of aromatic nitrogens is 4. The molecule has 22 heavy (non-hydrogen) atoms. The van der Waals surface area contributed by atoms with Gasteiger partial charge in [0.1, 0.15) is 18.6 Å². The van der Waals surface area contributed by atoms with Crippen molar-refractivity contribution in [2.24, 2.45) is 0 Å². The summed E-state index contributed by atoms with van der Waals surface area (Å²) in [5.74, 6) is 0.505. The number of anilines is 2. The highest BCUT2D eigenvalue weighted by molar-refractivity contribution is 9.10. The van der Waals surface area contributed by atoms with Crippen LogP contribution in [0, 0.1) is 0 Å². The molecular formula is C13H12BrClN5OP. The predicted octanol–water partition coefficient (Wildman–Crippen LogP) is 3.53. The smallest absolute Gasteiger partial charge is 0.224 e. The number of rotatable bonds is 3.